The number of aliphatic hydroxyl groups is 1. The summed E-state index contributed by atoms with van der Waals surface area (Å²) in [4.78, 5) is 12.3. The summed E-state index contributed by atoms with van der Waals surface area (Å²) in [7, 11) is 0. The van der Waals surface area contributed by atoms with Crippen LogP contribution in [0.3, 0.4) is 0 Å². The molecule has 4 heteroatoms. The van der Waals surface area contributed by atoms with E-state index in [1.165, 1.54) is 6.07 Å². The molecule has 3 rings (SSSR count). The molecule has 3 nitrogen and oxygen atoms in total. The van der Waals surface area contributed by atoms with E-state index in [4.69, 9.17) is 0 Å². The second kappa shape index (κ2) is 7.58. The van der Waals surface area contributed by atoms with Gasteiger partial charge in [-0.25, -0.2) is 4.39 Å². The maximum atomic E-state index is 13.6. The van der Waals surface area contributed by atoms with Crippen molar-refractivity contribution in [3.05, 3.63) is 71.5 Å². The van der Waals surface area contributed by atoms with Crippen molar-refractivity contribution in [2.24, 2.45) is 5.92 Å². The molecule has 2 N–H and O–H groups in total. The minimum Gasteiger partial charge on any atom is -0.393 e. The molecular formula is C20H22FNO2. The smallest absolute Gasteiger partial charge is 0.220 e. The summed E-state index contributed by atoms with van der Waals surface area (Å²) in [6, 6.07) is 16.3. The summed E-state index contributed by atoms with van der Waals surface area (Å²) in [5, 5.41) is 12.6. The zero-order chi connectivity index (χ0) is 16.9. The monoisotopic (exact) mass is 327 g/mol. The highest BCUT2D eigenvalue weighted by molar-refractivity contribution is 5.76. The summed E-state index contributed by atoms with van der Waals surface area (Å²) >= 11 is 0. The Morgan fingerprint density at radius 2 is 1.79 bits per heavy atom. The number of carbonyl (C=O) groups is 1. The lowest BCUT2D eigenvalue weighted by Crippen LogP contribution is -2.41. The van der Waals surface area contributed by atoms with Crippen molar-refractivity contribution < 1.29 is 14.3 Å². The van der Waals surface area contributed by atoms with E-state index in [-0.39, 0.29) is 36.2 Å². The molecule has 0 radical (unpaired) electrons. The number of halogens is 1. The minimum absolute atomic E-state index is 0.0894. The SMILES string of the molecule is O=C(CCc1ccccc1F)N[C@H](c1ccccc1)C1CC(O)C1. The molecule has 0 bridgehead atoms. The van der Waals surface area contributed by atoms with E-state index in [0.29, 0.717) is 24.8 Å². The minimum atomic E-state index is -0.271. The number of rotatable bonds is 6. The average Bonchev–Trinajstić information content (AvgIpc) is 2.57. The second-order valence-electron chi connectivity index (χ2n) is 6.43. The normalized spacial score (nSPS) is 20.9. The highest BCUT2D eigenvalue weighted by Crippen LogP contribution is 2.38. The van der Waals surface area contributed by atoms with Crippen LogP contribution >= 0.6 is 0 Å². The van der Waals surface area contributed by atoms with Crippen molar-refractivity contribution in [2.45, 2.75) is 37.8 Å². The standard InChI is InChI=1S/C20H22FNO2/c21-18-9-5-4-6-14(18)10-11-19(24)22-20(16-12-17(23)13-16)15-7-2-1-3-8-15/h1-9,16-17,20,23H,10-13H2,(H,22,24)/t16?,17?,20-/m1/s1. The van der Waals surface area contributed by atoms with Crippen LogP contribution in [-0.4, -0.2) is 17.1 Å². The van der Waals surface area contributed by atoms with E-state index in [0.717, 1.165) is 5.56 Å². The molecule has 126 valence electrons. The van der Waals surface area contributed by atoms with Gasteiger partial charge in [-0.3, -0.25) is 4.79 Å². The van der Waals surface area contributed by atoms with Gasteiger partial charge in [0, 0.05) is 6.42 Å². The van der Waals surface area contributed by atoms with Crippen LogP contribution in [0.25, 0.3) is 0 Å². The van der Waals surface area contributed by atoms with Gasteiger partial charge in [-0.1, -0.05) is 48.5 Å². The van der Waals surface area contributed by atoms with Gasteiger partial charge in [0.25, 0.3) is 0 Å². The highest BCUT2D eigenvalue weighted by atomic mass is 19.1. The Hall–Kier alpha value is -2.20. The Kier molecular flexibility index (Phi) is 5.26. The van der Waals surface area contributed by atoms with Crippen molar-refractivity contribution in [3.63, 3.8) is 0 Å². The van der Waals surface area contributed by atoms with E-state index in [1.807, 2.05) is 30.3 Å². The van der Waals surface area contributed by atoms with E-state index >= 15 is 0 Å². The second-order valence-corrected chi connectivity index (χ2v) is 6.43. The molecule has 2 aromatic carbocycles. The van der Waals surface area contributed by atoms with E-state index < -0.39 is 0 Å². The molecule has 1 aliphatic rings. The lowest BCUT2D eigenvalue weighted by Gasteiger charge is -2.38. The number of nitrogens with one attached hydrogen (secondary N) is 1. The number of hydrogen-bond acceptors (Lipinski definition) is 2. The van der Waals surface area contributed by atoms with Gasteiger partial charge < -0.3 is 10.4 Å². The lowest BCUT2D eigenvalue weighted by atomic mass is 9.75. The van der Waals surface area contributed by atoms with Crippen molar-refractivity contribution in [1.82, 2.24) is 5.32 Å². The van der Waals surface area contributed by atoms with Crippen LogP contribution in [0.15, 0.2) is 54.6 Å². The first-order valence-electron chi connectivity index (χ1n) is 8.39. The third-order valence-corrected chi connectivity index (χ3v) is 4.68. The largest absolute Gasteiger partial charge is 0.393 e. The fourth-order valence-electron chi connectivity index (χ4n) is 3.23. The molecule has 1 aliphatic carbocycles. The molecule has 1 saturated carbocycles. The summed E-state index contributed by atoms with van der Waals surface area (Å²) in [6.45, 7) is 0. The van der Waals surface area contributed by atoms with Gasteiger partial charge in [0.2, 0.25) is 5.91 Å². The van der Waals surface area contributed by atoms with E-state index in [1.54, 1.807) is 18.2 Å². The van der Waals surface area contributed by atoms with Gasteiger partial charge in [-0.15, -0.1) is 0 Å². The molecule has 0 aliphatic heterocycles. The molecule has 1 fully saturated rings. The first-order chi connectivity index (χ1) is 11.6. The lowest BCUT2D eigenvalue weighted by molar-refractivity contribution is -0.123. The topological polar surface area (TPSA) is 49.3 Å². The molecule has 0 unspecified atom stereocenters. The Morgan fingerprint density at radius 1 is 1.12 bits per heavy atom. The van der Waals surface area contributed by atoms with E-state index in [2.05, 4.69) is 5.32 Å². The van der Waals surface area contributed by atoms with Crippen LogP contribution in [-0.2, 0) is 11.2 Å². The van der Waals surface area contributed by atoms with Crippen LogP contribution < -0.4 is 5.32 Å². The zero-order valence-corrected chi connectivity index (χ0v) is 13.5. The van der Waals surface area contributed by atoms with Crippen molar-refractivity contribution in [1.29, 1.82) is 0 Å². The number of hydrogen-bond donors (Lipinski definition) is 2. The third-order valence-electron chi connectivity index (χ3n) is 4.68. The Morgan fingerprint density at radius 3 is 2.46 bits per heavy atom. The number of amides is 1. The summed E-state index contributed by atoms with van der Waals surface area (Å²) in [5.74, 6) is -0.111. The van der Waals surface area contributed by atoms with Gasteiger partial charge in [0.1, 0.15) is 5.82 Å². The Bertz CT molecular complexity index is 683. The van der Waals surface area contributed by atoms with Gasteiger partial charge in [0.05, 0.1) is 12.1 Å². The molecule has 0 saturated heterocycles. The van der Waals surface area contributed by atoms with Gasteiger partial charge >= 0.3 is 0 Å². The van der Waals surface area contributed by atoms with Crippen molar-refractivity contribution in [2.75, 3.05) is 0 Å². The number of aryl methyl sites for hydroxylation is 1. The van der Waals surface area contributed by atoms with Crippen molar-refractivity contribution >= 4 is 5.91 Å². The molecule has 1 atom stereocenters. The van der Waals surface area contributed by atoms with Crippen LogP contribution in [0.1, 0.15) is 36.4 Å². The maximum absolute atomic E-state index is 13.6. The van der Waals surface area contributed by atoms with Gasteiger partial charge in [-0.05, 0) is 42.4 Å². The third kappa shape index (κ3) is 4.01. The number of aliphatic hydroxyl groups excluding tert-OH is 1. The number of benzene rings is 2. The summed E-state index contributed by atoms with van der Waals surface area (Å²) in [6.07, 6.45) is 1.77. The van der Waals surface area contributed by atoms with Gasteiger partial charge in [-0.2, -0.15) is 0 Å². The number of carbonyl (C=O) groups excluding carboxylic acids is 1. The summed E-state index contributed by atoms with van der Waals surface area (Å²) in [5.41, 5.74) is 1.61. The fourth-order valence-corrected chi connectivity index (χ4v) is 3.23. The molecule has 0 heterocycles. The van der Waals surface area contributed by atoms with Crippen LogP contribution in [0.5, 0.6) is 0 Å². The Labute approximate surface area is 141 Å². The molecular weight excluding hydrogens is 305 g/mol. The quantitative estimate of drug-likeness (QED) is 0.854. The first-order valence-corrected chi connectivity index (χ1v) is 8.39. The fraction of sp³-hybridized carbons (Fsp3) is 0.350. The Balaban J connectivity index is 1.62. The van der Waals surface area contributed by atoms with Crippen LogP contribution in [0.2, 0.25) is 0 Å². The molecule has 1 amide bonds. The predicted molar refractivity (Wildman–Crippen MR) is 90.8 cm³/mol. The van der Waals surface area contributed by atoms with Crippen LogP contribution in [0, 0.1) is 11.7 Å². The average molecular weight is 327 g/mol. The van der Waals surface area contributed by atoms with E-state index in [9.17, 15) is 14.3 Å². The van der Waals surface area contributed by atoms with Crippen LogP contribution in [0.4, 0.5) is 4.39 Å². The van der Waals surface area contributed by atoms with Gasteiger partial charge in [0.15, 0.2) is 0 Å². The predicted octanol–water partition coefficient (Wildman–Crippen LogP) is 3.39. The zero-order valence-electron chi connectivity index (χ0n) is 13.5. The van der Waals surface area contributed by atoms with Crippen molar-refractivity contribution in [3.8, 4) is 0 Å². The molecule has 2 aromatic rings. The first kappa shape index (κ1) is 16.7. The maximum Gasteiger partial charge on any atom is 0.220 e. The molecule has 24 heavy (non-hydrogen) atoms. The molecule has 0 aromatic heterocycles. The highest BCUT2D eigenvalue weighted by Gasteiger charge is 2.35. The molecule has 0 spiro atoms. The summed E-state index contributed by atoms with van der Waals surface area (Å²) < 4.78 is 13.6.